The number of nitrogens with zero attached hydrogens (tertiary/aromatic N) is 4. The van der Waals surface area contributed by atoms with Gasteiger partial charge >= 0.3 is 0 Å². The molecule has 26 heavy (non-hydrogen) atoms. The molecule has 0 bridgehead atoms. The predicted molar refractivity (Wildman–Crippen MR) is 100 cm³/mol. The minimum absolute atomic E-state index is 0.101. The third-order valence-electron chi connectivity index (χ3n) is 4.25. The third-order valence-corrected chi connectivity index (χ3v) is 4.25. The van der Waals surface area contributed by atoms with Crippen molar-refractivity contribution in [2.45, 2.75) is 39.7 Å². The molecule has 0 saturated carbocycles. The summed E-state index contributed by atoms with van der Waals surface area (Å²) in [5, 5.41) is 14.7. The second-order valence-electron chi connectivity index (χ2n) is 6.22. The van der Waals surface area contributed by atoms with Crippen LogP contribution in [0.1, 0.15) is 31.3 Å². The molecule has 1 amide bonds. The van der Waals surface area contributed by atoms with Gasteiger partial charge in [-0.25, -0.2) is 9.67 Å². The minimum Gasteiger partial charge on any atom is -0.359 e. The van der Waals surface area contributed by atoms with Crippen LogP contribution in [0.4, 0.5) is 0 Å². The Morgan fingerprint density at radius 1 is 1.27 bits per heavy atom. The fourth-order valence-corrected chi connectivity index (χ4v) is 2.85. The van der Waals surface area contributed by atoms with Crippen molar-refractivity contribution in [3.05, 3.63) is 41.9 Å². The van der Waals surface area contributed by atoms with E-state index in [1.807, 2.05) is 41.9 Å². The van der Waals surface area contributed by atoms with Gasteiger partial charge in [-0.1, -0.05) is 43.7 Å². The van der Waals surface area contributed by atoms with E-state index < -0.39 is 0 Å². The molecule has 0 atom stereocenters. The van der Waals surface area contributed by atoms with E-state index in [0.29, 0.717) is 5.82 Å². The van der Waals surface area contributed by atoms with Gasteiger partial charge in [-0.05, 0) is 13.3 Å². The molecule has 3 aromatic rings. The molecular formula is C19H24N6O. The van der Waals surface area contributed by atoms with Crippen LogP contribution in [-0.4, -0.2) is 37.9 Å². The van der Waals surface area contributed by atoms with Gasteiger partial charge in [0.05, 0.1) is 12.0 Å². The highest BCUT2D eigenvalue weighted by Gasteiger charge is 2.21. The molecule has 0 aliphatic rings. The Kier molecular flexibility index (Phi) is 5.46. The molecule has 0 fully saturated rings. The first-order valence-corrected chi connectivity index (χ1v) is 8.89. The molecule has 3 rings (SSSR count). The summed E-state index contributed by atoms with van der Waals surface area (Å²) >= 11 is 0. The number of rotatable bonds is 7. The van der Waals surface area contributed by atoms with E-state index in [1.165, 1.54) is 0 Å². The molecule has 2 heterocycles. The fourth-order valence-electron chi connectivity index (χ4n) is 2.85. The average Bonchev–Trinajstić information content (AvgIpc) is 3.23. The smallest absolute Gasteiger partial charge is 0.227 e. The van der Waals surface area contributed by atoms with Crippen LogP contribution in [0.5, 0.6) is 0 Å². The summed E-state index contributed by atoms with van der Waals surface area (Å²) in [4.78, 5) is 16.4. The average molecular weight is 352 g/mol. The highest BCUT2D eigenvalue weighted by Crippen LogP contribution is 2.32. The maximum atomic E-state index is 11.7. The summed E-state index contributed by atoms with van der Waals surface area (Å²) in [6, 6.07) is 10.0. The van der Waals surface area contributed by atoms with Gasteiger partial charge in [0.25, 0.3) is 0 Å². The van der Waals surface area contributed by atoms with Crippen molar-refractivity contribution in [3.8, 4) is 22.6 Å². The molecule has 2 aromatic heterocycles. The first kappa shape index (κ1) is 17.8. The number of aryl methyl sites for hydroxylation is 2. The van der Waals surface area contributed by atoms with Crippen LogP contribution < -0.4 is 5.32 Å². The molecule has 0 aliphatic heterocycles. The lowest BCUT2D eigenvalue weighted by molar-refractivity contribution is -0.120. The van der Waals surface area contributed by atoms with Crippen LogP contribution in [-0.2, 0) is 17.8 Å². The SMILES string of the molecule is CCCCn1nc(CC(=O)NC)nc1-c1c(-c2ccccc2)n[nH]c1C. The van der Waals surface area contributed by atoms with Crippen LogP contribution in [0.2, 0.25) is 0 Å². The second kappa shape index (κ2) is 7.95. The number of aromatic amines is 1. The molecular weight excluding hydrogens is 328 g/mol. The Balaban J connectivity index is 2.08. The lowest BCUT2D eigenvalue weighted by Gasteiger charge is -2.06. The number of amides is 1. The zero-order valence-corrected chi connectivity index (χ0v) is 15.4. The quantitative estimate of drug-likeness (QED) is 0.684. The number of hydrogen-bond acceptors (Lipinski definition) is 4. The number of H-pyrrole nitrogens is 1. The molecule has 136 valence electrons. The van der Waals surface area contributed by atoms with Gasteiger partial charge in [-0.3, -0.25) is 9.89 Å². The van der Waals surface area contributed by atoms with E-state index in [0.717, 1.165) is 47.7 Å². The summed E-state index contributed by atoms with van der Waals surface area (Å²) in [5.74, 6) is 1.17. The Hall–Kier alpha value is -2.96. The van der Waals surface area contributed by atoms with E-state index in [-0.39, 0.29) is 12.3 Å². The summed E-state index contributed by atoms with van der Waals surface area (Å²) in [5.41, 5.74) is 3.73. The lowest BCUT2D eigenvalue weighted by Crippen LogP contribution is -2.20. The summed E-state index contributed by atoms with van der Waals surface area (Å²) in [6.07, 6.45) is 2.22. The molecule has 7 nitrogen and oxygen atoms in total. The van der Waals surface area contributed by atoms with Crippen molar-refractivity contribution in [3.63, 3.8) is 0 Å². The minimum atomic E-state index is -0.101. The van der Waals surface area contributed by atoms with Crippen LogP contribution in [0.25, 0.3) is 22.6 Å². The highest BCUT2D eigenvalue weighted by atomic mass is 16.1. The van der Waals surface area contributed by atoms with Crippen LogP contribution >= 0.6 is 0 Å². The number of benzene rings is 1. The predicted octanol–water partition coefficient (Wildman–Crippen LogP) is 2.73. The molecule has 2 N–H and O–H groups in total. The maximum Gasteiger partial charge on any atom is 0.227 e. The van der Waals surface area contributed by atoms with Crippen LogP contribution in [0.15, 0.2) is 30.3 Å². The van der Waals surface area contributed by atoms with Crippen molar-refractivity contribution >= 4 is 5.91 Å². The molecule has 0 spiro atoms. The molecule has 0 radical (unpaired) electrons. The number of carbonyl (C=O) groups is 1. The zero-order chi connectivity index (χ0) is 18.5. The summed E-state index contributed by atoms with van der Waals surface area (Å²) in [7, 11) is 1.62. The van der Waals surface area contributed by atoms with Gasteiger partial charge in [0.15, 0.2) is 11.6 Å². The number of aromatic nitrogens is 5. The standard InChI is InChI=1S/C19H24N6O/c1-4-5-11-25-19(21-15(24-25)12-16(26)20-3)17-13(2)22-23-18(17)14-9-7-6-8-10-14/h6-10H,4-5,11-12H2,1-3H3,(H,20,26)(H,22,23). The Bertz CT molecular complexity index is 881. The van der Waals surface area contributed by atoms with Crippen molar-refractivity contribution in [1.29, 1.82) is 0 Å². The number of unbranched alkanes of at least 4 members (excludes halogenated alkanes) is 1. The molecule has 7 heteroatoms. The van der Waals surface area contributed by atoms with Gasteiger partial charge < -0.3 is 5.32 Å². The van der Waals surface area contributed by atoms with Crippen molar-refractivity contribution in [2.75, 3.05) is 7.05 Å². The van der Waals surface area contributed by atoms with Crippen LogP contribution in [0.3, 0.4) is 0 Å². The van der Waals surface area contributed by atoms with E-state index in [1.54, 1.807) is 7.05 Å². The van der Waals surface area contributed by atoms with E-state index in [9.17, 15) is 4.79 Å². The Morgan fingerprint density at radius 3 is 2.73 bits per heavy atom. The van der Waals surface area contributed by atoms with Gasteiger partial charge in [0, 0.05) is 24.8 Å². The van der Waals surface area contributed by atoms with Crippen molar-refractivity contribution in [1.82, 2.24) is 30.3 Å². The molecule has 0 unspecified atom stereocenters. The van der Waals surface area contributed by atoms with Crippen LogP contribution in [0, 0.1) is 6.92 Å². The third kappa shape index (κ3) is 3.66. The lowest BCUT2D eigenvalue weighted by atomic mass is 10.1. The van der Waals surface area contributed by atoms with Gasteiger partial charge in [0.2, 0.25) is 5.91 Å². The topological polar surface area (TPSA) is 88.5 Å². The number of carbonyl (C=O) groups excluding carboxylic acids is 1. The Labute approximate surface area is 152 Å². The van der Waals surface area contributed by atoms with E-state index >= 15 is 0 Å². The fraction of sp³-hybridized carbons (Fsp3) is 0.368. The van der Waals surface area contributed by atoms with Crippen molar-refractivity contribution < 1.29 is 4.79 Å². The first-order valence-electron chi connectivity index (χ1n) is 8.89. The first-order chi connectivity index (χ1) is 12.6. The molecule has 0 aliphatic carbocycles. The highest BCUT2D eigenvalue weighted by molar-refractivity contribution is 5.80. The number of likely N-dealkylation sites (N-methyl/N-ethyl adjacent to an activating group) is 1. The zero-order valence-electron chi connectivity index (χ0n) is 15.4. The largest absolute Gasteiger partial charge is 0.359 e. The molecule has 1 aromatic carbocycles. The monoisotopic (exact) mass is 352 g/mol. The van der Waals surface area contributed by atoms with Gasteiger partial charge in [-0.15, -0.1) is 0 Å². The van der Waals surface area contributed by atoms with E-state index in [2.05, 4.69) is 32.5 Å². The second-order valence-corrected chi connectivity index (χ2v) is 6.22. The number of hydrogen-bond donors (Lipinski definition) is 2. The maximum absolute atomic E-state index is 11.7. The van der Waals surface area contributed by atoms with Gasteiger partial charge in [0.1, 0.15) is 5.69 Å². The normalized spacial score (nSPS) is 10.9. The van der Waals surface area contributed by atoms with Gasteiger partial charge in [-0.2, -0.15) is 10.2 Å². The number of nitrogens with one attached hydrogen (secondary N) is 2. The molecule has 0 saturated heterocycles. The van der Waals surface area contributed by atoms with E-state index in [4.69, 9.17) is 0 Å². The summed E-state index contributed by atoms with van der Waals surface area (Å²) < 4.78 is 1.89. The van der Waals surface area contributed by atoms with Crippen molar-refractivity contribution in [2.24, 2.45) is 0 Å². The Morgan fingerprint density at radius 2 is 2.04 bits per heavy atom. The summed E-state index contributed by atoms with van der Waals surface area (Å²) in [6.45, 7) is 4.87.